The van der Waals surface area contributed by atoms with Gasteiger partial charge in [0.25, 0.3) is 0 Å². The van der Waals surface area contributed by atoms with E-state index in [9.17, 15) is 0 Å². The summed E-state index contributed by atoms with van der Waals surface area (Å²) in [6, 6.07) is 7.98. The summed E-state index contributed by atoms with van der Waals surface area (Å²) in [6.07, 6.45) is 3.70. The van der Waals surface area contributed by atoms with Crippen molar-refractivity contribution in [3.63, 3.8) is 0 Å². The minimum absolute atomic E-state index is 0.412. The maximum absolute atomic E-state index is 5.36. The van der Waals surface area contributed by atoms with E-state index >= 15 is 0 Å². The van der Waals surface area contributed by atoms with Crippen molar-refractivity contribution in [1.82, 2.24) is 16.2 Å². The van der Waals surface area contributed by atoms with E-state index in [4.69, 9.17) is 29.2 Å². The maximum atomic E-state index is 5.36. The van der Waals surface area contributed by atoms with Crippen LogP contribution >= 0.6 is 24.4 Å². The molecule has 5 nitrogen and oxygen atoms in total. The molecule has 0 aliphatic heterocycles. The predicted octanol–water partition coefficient (Wildman–Crippen LogP) is 3.19. The lowest BCUT2D eigenvalue weighted by Crippen LogP contribution is -2.53. The highest BCUT2D eigenvalue weighted by molar-refractivity contribution is 7.80. The molecule has 7 heteroatoms. The van der Waals surface area contributed by atoms with Gasteiger partial charge in [0.1, 0.15) is 5.75 Å². The fourth-order valence-corrected chi connectivity index (χ4v) is 3.34. The van der Waals surface area contributed by atoms with Gasteiger partial charge in [-0.2, -0.15) is 0 Å². The van der Waals surface area contributed by atoms with Gasteiger partial charge >= 0.3 is 0 Å². The van der Waals surface area contributed by atoms with Gasteiger partial charge in [0.05, 0.1) is 7.11 Å². The van der Waals surface area contributed by atoms with Gasteiger partial charge in [-0.1, -0.05) is 32.8 Å². The van der Waals surface area contributed by atoms with Crippen LogP contribution < -0.4 is 26.2 Å². The number of methoxy groups -OCH3 is 1. The molecule has 1 aromatic carbocycles. The van der Waals surface area contributed by atoms with Gasteiger partial charge in [-0.3, -0.25) is 10.9 Å². The molecule has 0 radical (unpaired) electrons. The quantitative estimate of drug-likeness (QED) is 0.484. The summed E-state index contributed by atoms with van der Waals surface area (Å²) in [4.78, 5) is 0. The zero-order valence-corrected chi connectivity index (χ0v) is 16.0. The number of thiocarbonyl (C=S) groups is 2. The average molecular weight is 367 g/mol. The molecule has 0 spiro atoms. The molecule has 132 valence electrons. The Morgan fingerprint density at radius 2 is 1.88 bits per heavy atom. The third-order valence-corrected chi connectivity index (χ3v) is 5.06. The van der Waals surface area contributed by atoms with E-state index < -0.39 is 0 Å². The molecular weight excluding hydrogens is 340 g/mol. The highest BCUT2D eigenvalue weighted by atomic mass is 32.1. The van der Waals surface area contributed by atoms with E-state index in [2.05, 4.69) is 35.3 Å². The lowest BCUT2D eigenvalue weighted by molar-refractivity contribution is 0.224. The topological polar surface area (TPSA) is 57.4 Å². The number of hydrogen-bond donors (Lipinski definition) is 4. The first-order valence-electron chi connectivity index (χ1n) is 8.27. The molecule has 0 amide bonds. The summed E-state index contributed by atoms with van der Waals surface area (Å²) < 4.78 is 5.19. The number of hydrogen-bond acceptors (Lipinski definition) is 3. The number of benzene rings is 1. The molecule has 1 aromatic rings. The molecule has 4 N–H and O–H groups in total. The van der Waals surface area contributed by atoms with Gasteiger partial charge in [-0.15, -0.1) is 0 Å². The lowest BCUT2D eigenvalue weighted by atomic mass is 9.78. The minimum Gasteiger partial charge on any atom is -0.497 e. The Bertz CT molecular complexity index is 581. The summed E-state index contributed by atoms with van der Waals surface area (Å²) in [5.41, 5.74) is 6.71. The van der Waals surface area contributed by atoms with Crippen molar-refractivity contribution in [2.24, 2.45) is 11.8 Å². The van der Waals surface area contributed by atoms with Crippen LogP contribution in [0.15, 0.2) is 24.3 Å². The van der Waals surface area contributed by atoms with Gasteiger partial charge in [0, 0.05) is 17.8 Å². The van der Waals surface area contributed by atoms with E-state index in [0.29, 0.717) is 22.2 Å². The molecule has 2 rings (SSSR count). The summed E-state index contributed by atoms with van der Waals surface area (Å²) in [7, 11) is 1.63. The zero-order valence-electron chi connectivity index (χ0n) is 14.4. The first-order valence-corrected chi connectivity index (χ1v) is 9.09. The molecule has 0 unspecified atom stereocenters. The summed E-state index contributed by atoms with van der Waals surface area (Å²) in [6.45, 7) is 4.59. The Labute approximate surface area is 154 Å². The van der Waals surface area contributed by atoms with Gasteiger partial charge in [-0.05, 0) is 54.8 Å². The number of rotatable bonds is 3. The predicted molar refractivity (Wildman–Crippen MR) is 107 cm³/mol. The Kier molecular flexibility index (Phi) is 7.05. The minimum atomic E-state index is 0.412. The molecule has 1 saturated carbocycles. The Hall–Kier alpha value is -1.60. The molecule has 1 fully saturated rings. The second-order valence-electron chi connectivity index (χ2n) is 6.28. The van der Waals surface area contributed by atoms with Gasteiger partial charge in [0.2, 0.25) is 0 Å². The van der Waals surface area contributed by atoms with Gasteiger partial charge in [0.15, 0.2) is 10.2 Å². The van der Waals surface area contributed by atoms with Crippen LogP contribution in [-0.4, -0.2) is 23.4 Å². The third kappa shape index (κ3) is 5.49. The number of anilines is 1. The SMILES string of the molecule is COc1cccc(NC(=S)NNC(=S)N[C@@H]2CCC[C@H](C)[C@H]2C)c1. The van der Waals surface area contributed by atoms with E-state index in [-0.39, 0.29) is 0 Å². The second-order valence-corrected chi connectivity index (χ2v) is 7.10. The van der Waals surface area contributed by atoms with Crippen molar-refractivity contribution < 1.29 is 4.74 Å². The Balaban J connectivity index is 1.75. The molecule has 0 aromatic heterocycles. The summed E-state index contributed by atoms with van der Waals surface area (Å²) >= 11 is 10.6. The fraction of sp³-hybridized carbons (Fsp3) is 0.529. The Morgan fingerprint density at radius 3 is 2.62 bits per heavy atom. The van der Waals surface area contributed by atoms with Gasteiger partial charge < -0.3 is 15.4 Å². The molecule has 0 bridgehead atoms. The van der Waals surface area contributed by atoms with Crippen LogP contribution in [0.1, 0.15) is 33.1 Å². The normalized spacial score (nSPS) is 23.0. The van der Waals surface area contributed by atoms with Crippen LogP contribution in [0.3, 0.4) is 0 Å². The first kappa shape index (κ1) is 18.7. The van der Waals surface area contributed by atoms with Crippen LogP contribution in [0.25, 0.3) is 0 Å². The molecule has 0 saturated heterocycles. The van der Waals surface area contributed by atoms with Crippen molar-refractivity contribution in [3.05, 3.63) is 24.3 Å². The fourth-order valence-electron chi connectivity index (χ4n) is 2.97. The van der Waals surface area contributed by atoms with Crippen molar-refractivity contribution in [2.75, 3.05) is 12.4 Å². The number of nitrogens with one attached hydrogen (secondary N) is 4. The number of hydrazine groups is 1. The molecule has 3 atom stereocenters. The highest BCUT2D eigenvalue weighted by Gasteiger charge is 2.27. The van der Waals surface area contributed by atoms with Crippen LogP contribution in [0.4, 0.5) is 5.69 Å². The smallest absolute Gasteiger partial charge is 0.189 e. The van der Waals surface area contributed by atoms with Crippen molar-refractivity contribution >= 4 is 40.3 Å². The van der Waals surface area contributed by atoms with E-state index in [1.54, 1.807) is 7.11 Å². The standard InChI is InChI=1S/C17H26N4OS2/c1-11-6-4-9-15(12(11)2)19-17(24)21-20-16(23)18-13-7-5-8-14(10-13)22-3/h5,7-8,10-12,15H,4,6,9H2,1-3H3,(H2,18,20,23)(H2,19,21,24)/t11-,12+,15+/m0/s1. The van der Waals surface area contributed by atoms with Crippen molar-refractivity contribution in [2.45, 2.75) is 39.2 Å². The van der Waals surface area contributed by atoms with Crippen LogP contribution in [0.5, 0.6) is 5.75 Å². The number of ether oxygens (including phenoxy) is 1. The van der Waals surface area contributed by atoms with E-state index in [1.165, 1.54) is 12.8 Å². The largest absolute Gasteiger partial charge is 0.497 e. The van der Waals surface area contributed by atoms with Crippen LogP contribution in [0, 0.1) is 11.8 Å². The molecule has 1 aliphatic rings. The third-order valence-electron chi connectivity index (χ3n) is 4.64. The zero-order chi connectivity index (χ0) is 17.5. The molecule has 24 heavy (non-hydrogen) atoms. The second kappa shape index (κ2) is 9.03. The summed E-state index contributed by atoms with van der Waals surface area (Å²) in [5.74, 6) is 2.11. The summed E-state index contributed by atoms with van der Waals surface area (Å²) in [5, 5.41) is 7.48. The average Bonchev–Trinajstić information content (AvgIpc) is 2.57. The van der Waals surface area contributed by atoms with Crippen LogP contribution in [-0.2, 0) is 0 Å². The van der Waals surface area contributed by atoms with Crippen molar-refractivity contribution in [3.8, 4) is 5.75 Å². The van der Waals surface area contributed by atoms with Gasteiger partial charge in [-0.25, -0.2) is 0 Å². The first-order chi connectivity index (χ1) is 11.5. The van der Waals surface area contributed by atoms with Crippen molar-refractivity contribution in [1.29, 1.82) is 0 Å². The monoisotopic (exact) mass is 366 g/mol. The molecule has 0 heterocycles. The Morgan fingerprint density at radius 1 is 1.12 bits per heavy atom. The van der Waals surface area contributed by atoms with Crippen LogP contribution in [0.2, 0.25) is 0 Å². The lowest BCUT2D eigenvalue weighted by Gasteiger charge is -2.35. The maximum Gasteiger partial charge on any atom is 0.189 e. The van der Waals surface area contributed by atoms with E-state index in [1.807, 2.05) is 24.3 Å². The van der Waals surface area contributed by atoms with E-state index in [0.717, 1.165) is 23.8 Å². The molecule has 1 aliphatic carbocycles. The molecular formula is C17H26N4OS2. The highest BCUT2D eigenvalue weighted by Crippen LogP contribution is 2.29.